The van der Waals surface area contributed by atoms with Crippen LogP contribution in [0.5, 0.6) is 0 Å². The van der Waals surface area contributed by atoms with Gasteiger partial charge in [-0.15, -0.1) is 0 Å². The quantitative estimate of drug-likeness (QED) is 0.0211. The zero-order valence-corrected chi connectivity index (χ0v) is 46.1. The molecule has 0 amide bonds. The molecule has 0 aromatic carbocycles. The first-order chi connectivity index (χ1) is 34.6. The van der Waals surface area contributed by atoms with Crippen LogP contribution in [0.4, 0.5) is 0 Å². The Hall–Kier alpha value is -3.79. The minimum atomic E-state index is -1.52. The van der Waals surface area contributed by atoms with E-state index in [1.54, 1.807) is 0 Å². The number of hydrogen-bond acceptors (Lipinski definition) is 7. The van der Waals surface area contributed by atoms with Crippen LogP contribution in [0.2, 0.25) is 0 Å². The van der Waals surface area contributed by atoms with Crippen molar-refractivity contribution in [3.63, 3.8) is 0 Å². The summed E-state index contributed by atoms with van der Waals surface area (Å²) in [5, 5.41) is 9.70. The number of carbonyl (C=O) groups is 3. The van der Waals surface area contributed by atoms with E-state index in [0.29, 0.717) is 17.4 Å². The summed E-state index contributed by atoms with van der Waals surface area (Å²) in [4.78, 5) is 37.4. The Morgan fingerprint density at radius 1 is 0.423 bits per heavy atom. The van der Waals surface area contributed by atoms with Gasteiger partial charge in [0.15, 0.2) is 6.10 Å². The van der Waals surface area contributed by atoms with Crippen LogP contribution in [0, 0.1) is 0 Å². The maximum atomic E-state index is 12.9. The molecular formula is C62H106NO8+. The molecular weight excluding hydrogens is 887 g/mol. The van der Waals surface area contributed by atoms with Gasteiger partial charge >= 0.3 is 17.9 Å². The van der Waals surface area contributed by atoms with Gasteiger partial charge in [0.2, 0.25) is 0 Å². The number of esters is 2. The van der Waals surface area contributed by atoms with E-state index in [1.165, 1.54) is 83.5 Å². The van der Waals surface area contributed by atoms with Crippen molar-refractivity contribution in [2.45, 2.75) is 232 Å². The van der Waals surface area contributed by atoms with E-state index in [-0.39, 0.29) is 38.6 Å². The van der Waals surface area contributed by atoms with Crippen LogP contribution >= 0.6 is 0 Å². The zero-order chi connectivity index (χ0) is 52.0. The number of ether oxygens (including phenoxy) is 4. The third kappa shape index (κ3) is 53.8. The molecule has 0 saturated carbocycles. The summed E-state index contributed by atoms with van der Waals surface area (Å²) >= 11 is 0. The predicted molar refractivity (Wildman–Crippen MR) is 299 cm³/mol. The van der Waals surface area contributed by atoms with Gasteiger partial charge in [-0.05, 0) is 89.9 Å². The van der Waals surface area contributed by atoms with Crippen molar-refractivity contribution in [2.75, 3.05) is 47.5 Å². The minimum Gasteiger partial charge on any atom is -0.477 e. The maximum Gasteiger partial charge on any atom is 0.361 e. The number of nitrogens with zero attached hydrogens (tertiary/aromatic N) is 1. The van der Waals surface area contributed by atoms with Gasteiger partial charge in [-0.1, -0.05) is 214 Å². The number of carboxylic acid groups (broad SMARTS) is 1. The Bertz CT molecular complexity index is 1480. The molecule has 0 fully saturated rings. The van der Waals surface area contributed by atoms with Gasteiger partial charge in [-0.3, -0.25) is 9.59 Å². The highest BCUT2D eigenvalue weighted by Gasteiger charge is 2.25. The van der Waals surface area contributed by atoms with Crippen molar-refractivity contribution in [2.24, 2.45) is 0 Å². The number of carbonyl (C=O) groups excluding carboxylic acids is 2. The lowest BCUT2D eigenvalue weighted by Crippen LogP contribution is -2.40. The lowest BCUT2D eigenvalue weighted by Gasteiger charge is -2.25. The van der Waals surface area contributed by atoms with Crippen LogP contribution in [0.25, 0.3) is 0 Å². The smallest absolute Gasteiger partial charge is 0.361 e. The summed E-state index contributed by atoms with van der Waals surface area (Å²) in [6, 6.07) is 0. The van der Waals surface area contributed by atoms with E-state index in [2.05, 4.69) is 111 Å². The van der Waals surface area contributed by atoms with Crippen molar-refractivity contribution in [1.29, 1.82) is 0 Å². The van der Waals surface area contributed by atoms with Crippen LogP contribution < -0.4 is 0 Å². The molecule has 9 nitrogen and oxygen atoms in total. The fraction of sp³-hybridized carbons (Fsp3) is 0.694. The summed E-state index contributed by atoms with van der Waals surface area (Å²) in [7, 11) is 5.96. The molecule has 2 atom stereocenters. The highest BCUT2D eigenvalue weighted by atomic mass is 16.7. The molecule has 0 saturated heterocycles. The Labute approximate surface area is 435 Å². The van der Waals surface area contributed by atoms with E-state index in [0.717, 1.165) is 103 Å². The summed E-state index contributed by atoms with van der Waals surface area (Å²) in [5.41, 5.74) is 0. The Balaban J connectivity index is 4.24. The standard InChI is InChI=1S/C62H105NO8/c1-6-8-10-12-14-16-18-20-22-24-25-26-27-28-29-30-31-32-33-34-35-37-39-41-43-45-47-49-51-53-60(65)71-58(57-70-62(61(66)67)68-55-54-63(3,4)5)56-69-59(64)52-50-48-46-44-42-40-38-36-23-21-19-17-15-13-11-9-7-2/h8-11,14-17,20-23,25-26,28-29,58,62H,6-7,12-13,18-19,24,27,30-57H2,1-5H3/p+1/b10-8-,11-9-,16-14-,17-15-,22-20-,23-21-,26-25-,29-28-. The van der Waals surface area contributed by atoms with E-state index >= 15 is 0 Å². The summed E-state index contributed by atoms with van der Waals surface area (Å²) in [6.07, 6.45) is 67.7. The lowest BCUT2D eigenvalue weighted by molar-refractivity contribution is -0.870. The molecule has 0 rings (SSSR count). The maximum absolute atomic E-state index is 12.9. The molecule has 0 heterocycles. The summed E-state index contributed by atoms with van der Waals surface area (Å²) in [6.45, 7) is 4.64. The SMILES string of the molecule is CC/C=C\C/C=C\C/C=C\C/C=C\C/C=C\CCCCCCCCCCCCCCCC(=O)OC(COC(=O)CCCCCCCCC/C=C\C/C=C\C/C=C\CC)COC(OCC[N+](C)(C)C)C(=O)O. The molecule has 0 aromatic rings. The average molecular weight is 994 g/mol. The molecule has 1 N–H and O–H groups in total. The molecule has 406 valence electrons. The third-order valence-electron chi connectivity index (χ3n) is 11.8. The highest BCUT2D eigenvalue weighted by Crippen LogP contribution is 2.15. The van der Waals surface area contributed by atoms with E-state index in [9.17, 15) is 19.5 Å². The van der Waals surface area contributed by atoms with Gasteiger partial charge in [0.25, 0.3) is 6.29 Å². The predicted octanol–water partition coefficient (Wildman–Crippen LogP) is 16.6. The molecule has 9 heteroatoms. The van der Waals surface area contributed by atoms with Crippen LogP contribution in [0.15, 0.2) is 97.2 Å². The topological polar surface area (TPSA) is 108 Å². The molecule has 0 aliphatic heterocycles. The normalized spacial score (nSPS) is 13.5. The first-order valence-corrected chi connectivity index (χ1v) is 28.4. The Morgan fingerprint density at radius 2 is 0.761 bits per heavy atom. The zero-order valence-electron chi connectivity index (χ0n) is 46.1. The van der Waals surface area contributed by atoms with Gasteiger partial charge < -0.3 is 28.5 Å². The number of rotatable bonds is 51. The van der Waals surface area contributed by atoms with Crippen molar-refractivity contribution < 1.29 is 42.9 Å². The summed E-state index contributed by atoms with van der Waals surface area (Å²) in [5.74, 6) is -2.02. The first-order valence-electron chi connectivity index (χ1n) is 28.4. The average Bonchev–Trinajstić information content (AvgIpc) is 3.34. The number of quaternary nitrogens is 1. The van der Waals surface area contributed by atoms with Crippen LogP contribution in [-0.4, -0.2) is 87.4 Å². The number of unbranched alkanes of at least 4 members (excludes halogenated alkanes) is 20. The molecule has 0 spiro atoms. The van der Waals surface area contributed by atoms with Gasteiger partial charge in [-0.25, -0.2) is 4.79 Å². The van der Waals surface area contributed by atoms with Crippen molar-refractivity contribution in [1.82, 2.24) is 0 Å². The van der Waals surface area contributed by atoms with Gasteiger partial charge in [-0.2, -0.15) is 0 Å². The van der Waals surface area contributed by atoms with Crippen LogP contribution in [0.1, 0.15) is 219 Å². The first kappa shape index (κ1) is 67.2. The fourth-order valence-corrected chi connectivity index (χ4v) is 7.52. The second-order valence-corrected chi connectivity index (χ2v) is 19.8. The van der Waals surface area contributed by atoms with E-state index in [4.69, 9.17) is 18.9 Å². The largest absolute Gasteiger partial charge is 0.477 e. The Kier molecular flexibility index (Phi) is 49.7. The number of aliphatic carboxylic acids is 1. The molecule has 0 bridgehead atoms. The fourth-order valence-electron chi connectivity index (χ4n) is 7.52. The molecule has 71 heavy (non-hydrogen) atoms. The van der Waals surface area contributed by atoms with Crippen molar-refractivity contribution in [3.8, 4) is 0 Å². The number of carboxylic acids is 1. The summed E-state index contributed by atoms with van der Waals surface area (Å²) < 4.78 is 22.9. The molecule has 0 aromatic heterocycles. The van der Waals surface area contributed by atoms with Gasteiger partial charge in [0.05, 0.1) is 34.4 Å². The molecule has 0 aliphatic rings. The minimum absolute atomic E-state index is 0.182. The van der Waals surface area contributed by atoms with Gasteiger partial charge in [0, 0.05) is 12.8 Å². The molecule has 0 radical (unpaired) electrons. The lowest BCUT2D eigenvalue weighted by atomic mass is 10.0. The molecule has 2 unspecified atom stereocenters. The van der Waals surface area contributed by atoms with Crippen molar-refractivity contribution in [3.05, 3.63) is 97.2 Å². The second-order valence-electron chi connectivity index (χ2n) is 19.8. The van der Waals surface area contributed by atoms with Crippen LogP contribution in [0.3, 0.4) is 0 Å². The highest BCUT2D eigenvalue weighted by molar-refractivity contribution is 5.71. The Morgan fingerprint density at radius 3 is 1.13 bits per heavy atom. The molecule has 0 aliphatic carbocycles. The van der Waals surface area contributed by atoms with Gasteiger partial charge in [0.1, 0.15) is 13.2 Å². The van der Waals surface area contributed by atoms with E-state index < -0.39 is 24.3 Å². The van der Waals surface area contributed by atoms with Crippen molar-refractivity contribution >= 4 is 17.9 Å². The number of hydrogen-bond donors (Lipinski definition) is 1. The third-order valence-corrected chi connectivity index (χ3v) is 11.8. The number of allylic oxidation sites excluding steroid dienone is 16. The number of likely N-dealkylation sites (N-methyl/N-ethyl adjacent to an activating group) is 1. The monoisotopic (exact) mass is 993 g/mol. The van der Waals surface area contributed by atoms with E-state index in [1.807, 2.05) is 21.1 Å². The van der Waals surface area contributed by atoms with Crippen LogP contribution in [-0.2, 0) is 33.3 Å². The second kappa shape index (κ2) is 52.5.